The number of hydrogen-bond acceptors (Lipinski definition) is 3. The van der Waals surface area contributed by atoms with Crippen molar-refractivity contribution in [2.45, 2.75) is 33.6 Å². The standard InChI is InChI=1S/C16H20BrN3/c1-5-6-13-14(17)16(18-4)20-15(19-13)12-8-7-10(2)9-11(12)3/h7-9H,5-6H2,1-4H3,(H,18,19,20). The van der Waals surface area contributed by atoms with Gasteiger partial charge in [-0.25, -0.2) is 9.97 Å². The molecule has 0 unspecified atom stereocenters. The third kappa shape index (κ3) is 3.01. The van der Waals surface area contributed by atoms with Gasteiger partial charge in [-0.3, -0.25) is 0 Å². The summed E-state index contributed by atoms with van der Waals surface area (Å²) >= 11 is 3.59. The Labute approximate surface area is 129 Å². The zero-order chi connectivity index (χ0) is 14.7. The predicted octanol–water partition coefficient (Wildman–Crippen LogP) is 4.52. The third-order valence-electron chi connectivity index (χ3n) is 3.27. The van der Waals surface area contributed by atoms with E-state index in [2.05, 4.69) is 65.2 Å². The molecule has 3 nitrogen and oxygen atoms in total. The Bertz CT molecular complexity index is 623. The van der Waals surface area contributed by atoms with Gasteiger partial charge >= 0.3 is 0 Å². The summed E-state index contributed by atoms with van der Waals surface area (Å²) in [4.78, 5) is 9.36. The van der Waals surface area contributed by atoms with Gasteiger partial charge in [0.15, 0.2) is 5.82 Å². The SMILES string of the molecule is CCCc1nc(-c2ccc(C)cc2C)nc(NC)c1Br. The summed E-state index contributed by atoms with van der Waals surface area (Å²) in [5.74, 6) is 1.64. The molecule has 0 aliphatic carbocycles. The minimum absolute atomic E-state index is 0.790. The number of aryl methyl sites for hydroxylation is 3. The van der Waals surface area contributed by atoms with Gasteiger partial charge in [0.25, 0.3) is 0 Å². The number of aromatic nitrogens is 2. The molecule has 1 heterocycles. The van der Waals surface area contributed by atoms with Crippen molar-refractivity contribution in [3.8, 4) is 11.4 Å². The molecule has 2 aromatic rings. The van der Waals surface area contributed by atoms with Gasteiger partial charge in [0.05, 0.1) is 10.2 Å². The van der Waals surface area contributed by atoms with Crippen molar-refractivity contribution in [3.05, 3.63) is 39.5 Å². The van der Waals surface area contributed by atoms with Gasteiger partial charge in [-0.1, -0.05) is 37.1 Å². The van der Waals surface area contributed by atoms with Gasteiger partial charge in [0.2, 0.25) is 0 Å². The van der Waals surface area contributed by atoms with Crippen molar-refractivity contribution in [1.29, 1.82) is 0 Å². The first-order valence-corrected chi connectivity index (χ1v) is 7.68. The van der Waals surface area contributed by atoms with Gasteiger partial charge in [0.1, 0.15) is 5.82 Å². The van der Waals surface area contributed by atoms with E-state index in [1.807, 2.05) is 7.05 Å². The third-order valence-corrected chi connectivity index (χ3v) is 4.10. The van der Waals surface area contributed by atoms with Crippen LogP contribution in [0.3, 0.4) is 0 Å². The van der Waals surface area contributed by atoms with Crippen LogP contribution in [0.5, 0.6) is 0 Å². The molecular formula is C16H20BrN3. The van der Waals surface area contributed by atoms with Gasteiger partial charge in [0, 0.05) is 12.6 Å². The summed E-state index contributed by atoms with van der Waals surface area (Å²) in [6.45, 7) is 6.36. The van der Waals surface area contributed by atoms with Crippen LogP contribution in [-0.2, 0) is 6.42 Å². The van der Waals surface area contributed by atoms with Gasteiger partial charge < -0.3 is 5.32 Å². The summed E-state index contributed by atoms with van der Waals surface area (Å²) in [7, 11) is 1.88. The number of nitrogens with one attached hydrogen (secondary N) is 1. The highest BCUT2D eigenvalue weighted by atomic mass is 79.9. The second-order valence-electron chi connectivity index (χ2n) is 4.97. The maximum atomic E-state index is 4.73. The lowest BCUT2D eigenvalue weighted by atomic mass is 10.0. The molecule has 0 amide bonds. The molecule has 0 saturated heterocycles. The number of hydrogen-bond donors (Lipinski definition) is 1. The molecule has 0 aliphatic heterocycles. The first kappa shape index (κ1) is 15.0. The molecule has 4 heteroatoms. The fourth-order valence-corrected chi connectivity index (χ4v) is 2.82. The van der Waals surface area contributed by atoms with Gasteiger partial charge in [-0.05, 0) is 41.8 Å². The zero-order valence-electron chi connectivity index (χ0n) is 12.4. The lowest BCUT2D eigenvalue weighted by molar-refractivity contribution is 0.868. The summed E-state index contributed by atoms with van der Waals surface area (Å²) in [5, 5.41) is 3.14. The summed E-state index contributed by atoms with van der Waals surface area (Å²) in [6.07, 6.45) is 2.00. The smallest absolute Gasteiger partial charge is 0.162 e. The quantitative estimate of drug-likeness (QED) is 0.893. The fraction of sp³-hybridized carbons (Fsp3) is 0.375. The molecule has 106 valence electrons. The highest BCUT2D eigenvalue weighted by Crippen LogP contribution is 2.29. The van der Waals surface area contributed by atoms with Crippen molar-refractivity contribution < 1.29 is 0 Å². The lowest BCUT2D eigenvalue weighted by Crippen LogP contribution is -2.04. The number of halogens is 1. The summed E-state index contributed by atoms with van der Waals surface area (Å²) in [6, 6.07) is 6.37. The normalized spacial score (nSPS) is 10.7. The Morgan fingerprint density at radius 2 is 1.95 bits per heavy atom. The minimum Gasteiger partial charge on any atom is -0.372 e. The molecule has 1 aromatic heterocycles. The van der Waals surface area contributed by atoms with Crippen LogP contribution in [-0.4, -0.2) is 17.0 Å². The first-order chi connectivity index (χ1) is 9.56. The number of rotatable bonds is 4. The monoisotopic (exact) mass is 333 g/mol. The van der Waals surface area contributed by atoms with Crippen LogP contribution in [0.1, 0.15) is 30.2 Å². The van der Waals surface area contributed by atoms with Crippen LogP contribution in [0.2, 0.25) is 0 Å². The van der Waals surface area contributed by atoms with E-state index in [4.69, 9.17) is 4.98 Å². The molecule has 20 heavy (non-hydrogen) atoms. The molecule has 0 spiro atoms. The Morgan fingerprint density at radius 1 is 1.20 bits per heavy atom. The molecule has 0 fully saturated rings. The molecule has 0 radical (unpaired) electrons. The maximum Gasteiger partial charge on any atom is 0.162 e. The molecule has 1 aromatic carbocycles. The van der Waals surface area contributed by atoms with Crippen molar-refractivity contribution in [2.24, 2.45) is 0 Å². The predicted molar refractivity (Wildman–Crippen MR) is 88.2 cm³/mol. The minimum atomic E-state index is 0.790. The van der Waals surface area contributed by atoms with E-state index in [1.165, 1.54) is 11.1 Å². The topological polar surface area (TPSA) is 37.8 Å². The van der Waals surface area contributed by atoms with Crippen molar-refractivity contribution >= 4 is 21.7 Å². The summed E-state index contributed by atoms with van der Waals surface area (Å²) in [5.41, 5.74) is 4.61. The van der Waals surface area contributed by atoms with Gasteiger partial charge in [-0.2, -0.15) is 0 Å². The first-order valence-electron chi connectivity index (χ1n) is 6.88. The average molecular weight is 334 g/mol. The number of benzene rings is 1. The Morgan fingerprint density at radius 3 is 2.55 bits per heavy atom. The zero-order valence-corrected chi connectivity index (χ0v) is 14.0. The molecule has 2 rings (SSSR count). The largest absolute Gasteiger partial charge is 0.372 e. The van der Waals surface area contributed by atoms with E-state index in [0.717, 1.165) is 40.2 Å². The van der Waals surface area contributed by atoms with Crippen LogP contribution in [0.15, 0.2) is 22.7 Å². The van der Waals surface area contributed by atoms with Crippen molar-refractivity contribution in [1.82, 2.24) is 9.97 Å². The van der Waals surface area contributed by atoms with Crippen LogP contribution < -0.4 is 5.32 Å². The Balaban J connectivity index is 2.58. The fourth-order valence-electron chi connectivity index (χ4n) is 2.25. The molecule has 1 N–H and O–H groups in total. The number of nitrogens with zero attached hydrogens (tertiary/aromatic N) is 2. The highest BCUT2D eigenvalue weighted by Gasteiger charge is 2.13. The average Bonchev–Trinajstić information content (AvgIpc) is 2.41. The molecule has 0 aliphatic rings. The Hall–Kier alpha value is -1.42. The maximum absolute atomic E-state index is 4.73. The Kier molecular flexibility index (Phi) is 4.76. The van der Waals surface area contributed by atoms with Crippen molar-refractivity contribution in [2.75, 3.05) is 12.4 Å². The van der Waals surface area contributed by atoms with E-state index >= 15 is 0 Å². The second kappa shape index (κ2) is 6.35. The van der Waals surface area contributed by atoms with Crippen LogP contribution in [0.4, 0.5) is 5.82 Å². The number of anilines is 1. The van der Waals surface area contributed by atoms with Gasteiger partial charge in [-0.15, -0.1) is 0 Å². The van der Waals surface area contributed by atoms with E-state index in [0.29, 0.717) is 0 Å². The molecule has 0 bridgehead atoms. The van der Waals surface area contributed by atoms with E-state index in [9.17, 15) is 0 Å². The highest BCUT2D eigenvalue weighted by molar-refractivity contribution is 9.10. The molecule has 0 atom stereocenters. The summed E-state index contributed by atoms with van der Waals surface area (Å²) < 4.78 is 0.968. The van der Waals surface area contributed by atoms with Crippen molar-refractivity contribution in [3.63, 3.8) is 0 Å². The molecular weight excluding hydrogens is 314 g/mol. The van der Waals surface area contributed by atoms with Crippen LogP contribution >= 0.6 is 15.9 Å². The lowest BCUT2D eigenvalue weighted by Gasteiger charge is -2.12. The second-order valence-corrected chi connectivity index (χ2v) is 5.77. The van der Waals surface area contributed by atoms with E-state index in [1.54, 1.807) is 0 Å². The molecule has 0 saturated carbocycles. The van der Waals surface area contributed by atoms with Crippen LogP contribution in [0, 0.1) is 13.8 Å². The van der Waals surface area contributed by atoms with E-state index in [-0.39, 0.29) is 0 Å². The van der Waals surface area contributed by atoms with Crippen LogP contribution in [0.25, 0.3) is 11.4 Å². The van der Waals surface area contributed by atoms with E-state index < -0.39 is 0 Å².